The molecular formula is C16H23N5O3. The standard InChI is InChI=1S/C16H23N5O3/c1-16(2)12(10-6-7-24-13(10)16)20(3)15-17-8-11(21(22)23)14(19-15)18-9-4-5-9/h8-10,12-13H,4-7H2,1-3H3,(H,17,18,19)/t10-,12-,13+/m1/s1. The van der Waals surface area contributed by atoms with E-state index in [9.17, 15) is 10.1 Å². The molecule has 1 aromatic heterocycles. The first-order chi connectivity index (χ1) is 11.4. The molecule has 3 atom stereocenters. The largest absolute Gasteiger partial charge is 0.377 e. The lowest BCUT2D eigenvalue weighted by molar-refractivity contribution is -0.384. The summed E-state index contributed by atoms with van der Waals surface area (Å²) in [6, 6.07) is 0.574. The van der Waals surface area contributed by atoms with Gasteiger partial charge >= 0.3 is 5.69 Å². The second kappa shape index (κ2) is 5.27. The van der Waals surface area contributed by atoms with Gasteiger partial charge in [0.25, 0.3) is 0 Å². The van der Waals surface area contributed by atoms with Crippen LogP contribution < -0.4 is 10.2 Å². The summed E-state index contributed by atoms with van der Waals surface area (Å²) < 4.78 is 5.85. The van der Waals surface area contributed by atoms with Crippen molar-refractivity contribution >= 4 is 17.5 Å². The predicted molar refractivity (Wildman–Crippen MR) is 89.2 cm³/mol. The second-order valence-electron chi connectivity index (χ2n) is 7.70. The highest BCUT2D eigenvalue weighted by molar-refractivity contribution is 5.58. The topological polar surface area (TPSA) is 93.4 Å². The van der Waals surface area contributed by atoms with Gasteiger partial charge in [0.05, 0.1) is 11.0 Å². The Kier molecular flexibility index (Phi) is 3.42. The summed E-state index contributed by atoms with van der Waals surface area (Å²) in [6.45, 7) is 5.21. The maximum Gasteiger partial charge on any atom is 0.329 e. The van der Waals surface area contributed by atoms with Crippen molar-refractivity contribution in [1.29, 1.82) is 0 Å². The van der Waals surface area contributed by atoms with Gasteiger partial charge in [0.15, 0.2) is 0 Å². The van der Waals surface area contributed by atoms with E-state index in [0.717, 1.165) is 25.9 Å². The zero-order valence-electron chi connectivity index (χ0n) is 14.2. The fourth-order valence-corrected chi connectivity index (χ4v) is 4.41. The highest BCUT2D eigenvalue weighted by Gasteiger charge is 2.61. The van der Waals surface area contributed by atoms with E-state index in [1.165, 1.54) is 6.20 Å². The third-order valence-electron chi connectivity index (χ3n) is 5.64. The lowest BCUT2D eigenvalue weighted by atomic mass is 9.57. The maximum absolute atomic E-state index is 11.2. The minimum atomic E-state index is -0.428. The Morgan fingerprint density at radius 1 is 1.42 bits per heavy atom. The van der Waals surface area contributed by atoms with Crippen molar-refractivity contribution in [2.24, 2.45) is 11.3 Å². The Morgan fingerprint density at radius 3 is 2.83 bits per heavy atom. The quantitative estimate of drug-likeness (QED) is 0.652. The number of nitrogens with one attached hydrogen (secondary N) is 1. The van der Waals surface area contributed by atoms with Crippen molar-refractivity contribution in [3.05, 3.63) is 16.3 Å². The molecule has 2 saturated carbocycles. The SMILES string of the molecule is CN(c1ncc([N+](=O)[O-])c(NC2CC2)n1)[C@@H]1[C@H]2CCO[C@@H]2C1(C)C. The van der Waals surface area contributed by atoms with Crippen LogP contribution >= 0.6 is 0 Å². The molecule has 2 heterocycles. The van der Waals surface area contributed by atoms with Gasteiger partial charge in [-0.2, -0.15) is 4.98 Å². The van der Waals surface area contributed by atoms with Crippen LogP contribution in [0.5, 0.6) is 0 Å². The van der Waals surface area contributed by atoms with Crippen LogP contribution in [-0.4, -0.2) is 46.7 Å². The molecule has 3 aliphatic rings. The van der Waals surface area contributed by atoms with E-state index in [-0.39, 0.29) is 23.2 Å². The van der Waals surface area contributed by atoms with Crippen LogP contribution in [0.3, 0.4) is 0 Å². The average Bonchev–Trinajstić information content (AvgIpc) is 3.22. The Labute approximate surface area is 140 Å². The number of rotatable bonds is 5. The number of fused-ring (bicyclic) bond motifs is 1. The van der Waals surface area contributed by atoms with Crippen molar-refractivity contribution in [3.8, 4) is 0 Å². The van der Waals surface area contributed by atoms with E-state index >= 15 is 0 Å². The molecule has 0 spiro atoms. The van der Waals surface area contributed by atoms with Gasteiger partial charge in [0.1, 0.15) is 6.20 Å². The fourth-order valence-electron chi connectivity index (χ4n) is 4.41. The molecule has 8 heteroatoms. The Balaban J connectivity index is 1.62. The molecule has 0 bridgehead atoms. The zero-order chi connectivity index (χ0) is 17.1. The van der Waals surface area contributed by atoms with Crippen LogP contribution in [0.25, 0.3) is 0 Å². The third-order valence-corrected chi connectivity index (χ3v) is 5.64. The van der Waals surface area contributed by atoms with Gasteiger partial charge < -0.3 is 15.0 Å². The molecule has 8 nitrogen and oxygen atoms in total. The maximum atomic E-state index is 11.2. The molecule has 3 fully saturated rings. The molecule has 1 aromatic rings. The van der Waals surface area contributed by atoms with Crippen LogP contribution in [0.1, 0.15) is 33.1 Å². The van der Waals surface area contributed by atoms with Crippen molar-refractivity contribution < 1.29 is 9.66 Å². The van der Waals surface area contributed by atoms with Crippen molar-refractivity contribution in [2.75, 3.05) is 23.9 Å². The molecule has 4 rings (SSSR count). The molecule has 0 radical (unpaired) electrons. The molecule has 1 aliphatic heterocycles. The van der Waals surface area contributed by atoms with E-state index in [4.69, 9.17) is 4.74 Å². The molecule has 0 aromatic carbocycles. The Bertz CT molecular complexity index is 676. The lowest BCUT2D eigenvalue weighted by Gasteiger charge is -2.57. The summed E-state index contributed by atoms with van der Waals surface area (Å²) in [6.07, 6.45) is 4.71. The summed E-state index contributed by atoms with van der Waals surface area (Å²) in [5.74, 6) is 1.34. The normalized spacial score (nSPS) is 30.4. The number of ether oxygens (including phenoxy) is 1. The van der Waals surface area contributed by atoms with E-state index in [1.807, 2.05) is 7.05 Å². The first kappa shape index (κ1) is 15.6. The summed E-state index contributed by atoms with van der Waals surface area (Å²) in [4.78, 5) is 21.6. The van der Waals surface area contributed by atoms with Crippen LogP contribution in [-0.2, 0) is 4.74 Å². The van der Waals surface area contributed by atoms with Crippen molar-refractivity contribution in [3.63, 3.8) is 0 Å². The second-order valence-corrected chi connectivity index (χ2v) is 7.70. The Hall–Kier alpha value is -1.96. The van der Waals surface area contributed by atoms with Crippen molar-refractivity contribution in [2.45, 2.75) is 51.3 Å². The van der Waals surface area contributed by atoms with Crippen molar-refractivity contribution in [1.82, 2.24) is 9.97 Å². The number of aromatic nitrogens is 2. The van der Waals surface area contributed by atoms with Gasteiger partial charge in [-0.1, -0.05) is 13.8 Å². The van der Waals surface area contributed by atoms with E-state index < -0.39 is 4.92 Å². The molecule has 0 amide bonds. The van der Waals surface area contributed by atoms with Gasteiger partial charge in [0, 0.05) is 37.1 Å². The minimum Gasteiger partial charge on any atom is -0.377 e. The zero-order valence-corrected chi connectivity index (χ0v) is 14.2. The highest BCUT2D eigenvalue weighted by Crippen LogP contribution is 2.54. The number of hydrogen-bond acceptors (Lipinski definition) is 7. The molecule has 130 valence electrons. The smallest absolute Gasteiger partial charge is 0.329 e. The van der Waals surface area contributed by atoms with Gasteiger partial charge in [-0.15, -0.1) is 0 Å². The molecular weight excluding hydrogens is 310 g/mol. The molecule has 0 unspecified atom stereocenters. The van der Waals surface area contributed by atoms with Gasteiger partial charge in [-0.25, -0.2) is 4.98 Å². The summed E-state index contributed by atoms with van der Waals surface area (Å²) in [5, 5.41) is 14.4. The fraction of sp³-hybridized carbons (Fsp3) is 0.750. The minimum absolute atomic E-state index is 0.0190. The van der Waals surface area contributed by atoms with Crippen LogP contribution in [0.15, 0.2) is 6.20 Å². The summed E-state index contributed by atoms with van der Waals surface area (Å²) in [7, 11) is 1.98. The first-order valence-corrected chi connectivity index (χ1v) is 8.52. The van der Waals surface area contributed by atoms with E-state index in [0.29, 0.717) is 23.7 Å². The van der Waals surface area contributed by atoms with Crippen LogP contribution in [0.2, 0.25) is 0 Å². The molecule has 2 aliphatic carbocycles. The highest BCUT2D eigenvalue weighted by atomic mass is 16.6. The van der Waals surface area contributed by atoms with Gasteiger partial charge in [0.2, 0.25) is 11.8 Å². The average molecular weight is 333 g/mol. The van der Waals surface area contributed by atoms with E-state index in [1.54, 1.807) is 0 Å². The number of anilines is 2. The van der Waals surface area contributed by atoms with Gasteiger partial charge in [-0.05, 0) is 19.3 Å². The number of hydrogen-bond donors (Lipinski definition) is 1. The van der Waals surface area contributed by atoms with Crippen LogP contribution in [0, 0.1) is 21.4 Å². The monoisotopic (exact) mass is 333 g/mol. The lowest BCUT2D eigenvalue weighted by Crippen LogP contribution is -2.66. The Morgan fingerprint density at radius 2 is 2.17 bits per heavy atom. The van der Waals surface area contributed by atoms with Gasteiger partial charge in [-0.3, -0.25) is 10.1 Å². The first-order valence-electron chi connectivity index (χ1n) is 8.52. The van der Waals surface area contributed by atoms with E-state index in [2.05, 4.69) is 34.0 Å². The molecule has 1 N–H and O–H groups in total. The summed E-state index contributed by atoms with van der Waals surface area (Å²) in [5.41, 5.74) is -0.0421. The number of nitro groups is 1. The third kappa shape index (κ3) is 2.31. The van der Waals surface area contributed by atoms with Crippen LogP contribution in [0.4, 0.5) is 17.5 Å². The predicted octanol–water partition coefficient (Wildman–Crippen LogP) is 2.21. The molecule has 24 heavy (non-hydrogen) atoms. The molecule has 1 saturated heterocycles. The number of nitrogens with zero attached hydrogens (tertiary/aromatic N) is 4. The summed E-state index contributed by atoms with van der Waals surface area (Å²) >= 11 is 0.